The van der Waals surface area contributed by atoms with Crippen LogP contribution in [-0.4, -0.2) is 5.38 Å². The fraction of sp³-hybridized carbons (Fsp3) is 1.00. The predicted octanol–water partition coefficient (Wildman–Crippen LogP) is 5.78. The van der Waals surface area contributed by atoms with E-state index < -0.39 is 0 Å². The second-order valence-corrected chi connectivity index (χ2v) is 7.06. The summed E-state index contributed by atoms with van der Waals surface area (Å²) in [6, 6.07) is 0. The van der Waals surface area contributed by atoms with Gasteiger partial charge < -0.3 is 0 Å². The molecule has 0 N–H and O–H groups in total. The molecule has 2 aliphatic carbocycles. The molecular formula is C16H29Cl. The van der Waals surface area contributed by atoms with Gasteiger partial charge in [-0.1, -0.05) is 51.9 Å². The summed E-state index contributed by atoms with van der Waals surface area (Å²) in [6.07, 6.45) is 15.8. The molecule has 0 aliphatic heterocycles. The molecule has 0 spiro atoms. The van der Waals surface area contributed by atoms with Gasteiger partial charge in [0, 0.05) is 5.38 Å². The van der Waals surface area contributed by atoms with Gasteiger partial charge in [-0.3, -0.25) is 0 Å². The SMILES string of the molecule is CCCCC1CCC(C2CCCC(Cl)C2)CC1. The van der Waals surface area contributed by atoms with Crippen LogP contribution in [0.15, 0.2) is 0 Å². The lowest BCUT2D eigenvalue weighted by Crippen LogP contribution is -2.26. The molecule has 17 heavy (non-hydrogen) atoms. The van der Waals surface area contributed by atoms with Crippen LogP contribution < -0.4 is 0 Å². The van der Waals surface area contributed by atoms with Crippen LogP contribution >= 0.6 is 11.6 Å². The third-order valence-corrected chi connectivity index (χ3v) is 5.57. The van der Waals surface area contributed by atoms with Gasteiger partial charge in [0.2, 0.25) is 0 Å². The topological polar surface area (TPSA) is 0 Å². The highest BCUT2D eigenvalue weighted by Gasteiger charge is 2.30. The average Bonchev–Trinajstić information content (AvgIpc) is 2.37. The van der Waals surface area contributed by atoms with Crippen molar-refractivity contribution in [3.8, 4) is 0 Å². The Morgan fingerprint density at radius 1 is 0.941 bits per heavy atom. The highest BCUT2D eigenvalue weighted by Crippen LogP contribution is 2.41. The molecular weight excluding hydrogens is 228 g/mol. The van der Waals surface area contributed by atoms with Gasteiger partial charge in [0.05, 0.1) is 0 Å². The summed E-state index contributed by atoms with van der Waals surface area (Å²) in [5.41, 5.74) is 0. The summed E-state index contributed by atoms with van der Waals surface area (Å²) in [6.45, 7) is 2.31. The molecule has 0 heterocycles. The van der Waals surface area contributed by atoms with Crippen molar-refractivity contribution in [2.45, 2.75) is 82.9 Å². The molecule has 2 atom stereocenters. The normalized spacial score (nSPS) is 39.2. The molecule has 100 valence electrons. The minimum absolute atomic E-state index is 0.492. The fourth-order valence-corrected chi connectivity index (χ4v) is 4.42. The first kappa shape index (κ1) is 13.7. The first-order valence-corrected chi connectivity index (χ1v) is 8.37. The molecule has 0 nitrogen and oxygen atoms in total. The first-order valence-electron chi connectivity index (χ1n) is 7.93. The van der Waals surface area contributed by atoms with E-state index in [-0.39, 0.29) is 0 Å². The second kappa shape index (κ2) is 7.02. The van der Waals surface area contributed by atoms with Gasteiger partial charge in [0.1, 0.15) is 0 Å². The molecule has 0 aromatic rings. The van der Waals surface area contributed by atoms with Crippen molar-refractivity contribution in [2.24, 2.45) is 17.8 Å². The number of hydrogen-bond donors (Lipinski definition) is 0. The van der Waals surface area contributed by atoms with Crippen LogP contribution in [0, 0.1) is 17.8 Å². The Kier molecular flexibility index (Phi) is 5.66. The first-order chi connectivity index (χ1) is 8.29. The van der Waals surface area contributed by atoms with Gasteiger partial charge in [0.25, 0.3) is 0 Å². The van der Waals surface area contributed by atoms with Crippen molar-refractivity contribution in [1.29, 1.82) is 0 Å². The van der Waals surface area contributed by atoms with Crippen LogP contribution in [0.2, 0.25) is 0 Å². The van der Waals surface area contributed by atoms with Gasteiger partial charge in [-0.2, -0.15) is 0 Å². The lowest BCUT2D eigenvalue weighted by molar-refractivity contribution is 0.164. The Hall–Kier alpha value is 0.290. The maximum Gasteiger partial charge on any atom is 0.0338 e. The molecule has 2 fully saturated rings. The highest BCUT2D eigenvalue weighted by atomic mass is 35.5. The zero-order chi connectivity index (χ0) is 12.1. The quantitative estimate of drug-likeness (QED) is 0.559. The van der Waals surface area contributed by atoms with E-state index >= 15 is 0 Å². The number of unbranched alkanes of at least 4 members (excludes halogenated alkanes) is 1. The smallest absolute Gasteiger partial charge is 0.0338 e. The van der Waals surface area contributed by atoms with E-state index in [0.717, 1.165) is 17.8 Å². The molecule has 0 radical (unpaired) electrons. The van der Waals surface area contributed by atoms with Gasteiger partial charge in [-0.15, -0.1) is 11.6 Å². The Bertz CT molecular complexity index is 206. The predicted molar refractivity (Wildman–Crippen MR) is 76.6 cm³/mol. The van der Waals surface area contributed by atoms with Crippen LogP contribution in [0.5, 0.6) is 0 Å². The molecule has 0 saturated heterocycles. The third kappa shape index (κ3) is 4.16. The largest absolute Gasteiger partial charge is 0.123 e. The van der Waals surface area contributed by atoms with E-state index in [9.17, 15) is 0 Å². The fourth-order valence-electron chi connectivity index (χ4n) is 4.03. The van der Waals surface area contributed by atoms with Crippen molar-refractivity contribution in [3.05, 3.63) is 0 Å². The van der Waals surface area contributed by atoms with Crippen molar-refractivity contribution in [1.82, 2.24) is 0 Å². The summed E-state index contributed by atoms with van der Waals surface area (Å²) in [4.78, 5) is 0. The summed E-state index contributed by atoms with van der Waals surface area (Å²) in [5.74, 6) is 3.05. The maximum atomic E-state index is 6.33. The zero-order valence-corrected chi connectivity index (χ0v) is 12.2. The molecule has 1 heteroatoms. The number of rotatable bonds is 4. The molecule has 0 aromatic heterocycles. The molecule has 2 unspecified atom stereocenters. The molecule has 0 bridgehead atoms. The van der Waals surface area contributed by atoms with E-state index in [1.807, 2.05) is 0 Å². The Morgan fingerprint density at radius 2 is 1.71 bits per heavy atom. The number of hydrogen-bond acceptors (Lipinski definition) is 0. The Labute approximate surface area is 113 Å². The molecule has 2 aliphatic rings. The van der Waals surface area contributed by atoms with Gasteiger partial charge in [-0.05, 0) is 43.4 Å². The van der Waals surface area contributed by atoms with Crippen LogP contribution in [0.3, 0.4) is 0 Å². The van der Waals surface area contributed by atoms with Crippen LogP contribution in [0.1, 0.15) is 77.6 Å². The van der Waals surface area contributed by atoms with Gasteiger partial charge in [0.15, 0.2) is 0 Å². The standard InChI is InChI=1S/C16H29Cl/c1-2-3-5-13-8-10-14(11-9-13)15-6-4-7-16(17)12-15/h13-16H,2-12H2,1H3. The van der Waals surface area contributed by atoms with Crippen LogP contribution in [0.4, 0.5) is 0 Å². The summed E-state index contributed by atoms with van der Waals surface area (Å²) < 4.78 is 0. The minimum Gasteiger partial charge on any atom is -0.123 e. The van der Waals surface area contributed by atoms with E-state index in [4.69, 9.17) is 11.6 Å². The van der Waals surface area contributed by atoms with Crippen molar-refractivity contribution in [2.75, 3.05) is 0 Å². The third-order valence-electron chi connectivity index (χ3n) is 5.17. The minimum atomic E-state index is 0.492. The van der Waals surface area contributed by atoms with E-state index in [1.165, 1.54) is 70.6 Å². The average molecular weight is 257 g/mol. The van der Waals surface area contributed by atoms with Crippen LogP contribution in [0.25, 0.3) is 0 Å². The lowest BCUT2D eigenvalue weighted by Gasteiger charge is -2.37. The molecule has 0 aromatic carbocycles. The maximum absolute atomic E-state index is 6.33. The monoisotopic (exact) mass is 256 g/mol. The number of halogens is 1. The van der Waals surface area contributed by atoms with E-state index in [1.54, 1.807) is 0 Å². The van der Waals surface area contributed by atoms with Crippen LogP contribution in [-0.2, 0) is 0 Å². The lowest BCUT2D eigenvalue weighted by atomic mass is 9.70. The van der Waals surface area contributed by atoms with Gasteiger partial charge in [-0.25, -0.2) is 0 Å². The number of alkyl halides is 1. The summed E-state index contributed by atoms with van der Waals surface area (Å²) in [7, 11) is 0. The van der Waals surface area contributed by atoms with E-state index in [0.29, 0.717) is 5.38 Å². The van der Waals surface area contributed by atoms with Crippen molar-refractivity contribution in [3.63, 3.8) is 0 Å². The van der Waals surface area contributed by atoms with E-state index in [2.05, 4.69) is 6.92 Å². The van der Waals surface area contributed by atoms with Gasteiger partial charge >= 0.3 is 0 Å². The van der Waals surface area contributed by atoms with Crippen molar-refractivity contribution < 1.29 is 0 Å². The second-order valence-electron chi connectivity index (χ2n) is 6.45. The summed E-state index contributed by atoms with van der Waals surface area (Å²) >= 11 is 6.33. The van der Waals surface area contributed by atoms with Crippen molar-refractivity contribution >= 4 is 11.6 Å². The zero-order valence-electron chi connectivity index (χ0n) is 11.5. The Balaban J connectivity index is 1.71. The summed E-state index contributed by atoms with van der Waals surface area (Å²) in [5, 5.41) is 0.492. The molecule has 2 saturated carbocycles. The molecule has 0 amide bonds. The highest BCUT2D eigenvalue weighted by molar-refractivity contribution is 6.20. The Morgan fingerprint density at radius 3 is 2.35 bits per heavy atom. The molecule has 2 rings (SSSR count).